The number of aryl methyl sites for hydroxylation is 2. The molecule has 0 spiro atoms. The minimum absolute atomic E-state index is 0.182. The quantitative estimate of drug-likeness (QED) is 0.611. The number of aliphatic hydroxyl groups excluding tert-OH is 1. The van der Waals surface area contributed by atoms with Gasteiger partial charge in [0.1, 0.15) is 29.9 Å². The van der Waals surface area contributed by atoms with Crippen molar-refractivity contribution in [3.8, 4) is 5.75 Å². The number of hydrogen-bond donors (Lipinski definition) is 1. The zero-order valence-corrected chi connectivity index (χ0v) is 18.3. The number of ether oxygens (including phenoxy) is 1. The van der Waals surface area contributed by atoms with Gasteiger partial charge in [-0.05, 0) is 50.6 Å². The molecule has 3 aromatic rings. The van der Waals surface area contributed by atoms with E-state index < -0.39 is 6.10 Å². The van der Waals surface area contributed by atoms with Gasteiger partial charge in [0.15, 0.2) is 0 Å². The van der Waals surface area contributed by atoms with Gasteiger partial charge in [-0.2, -0.15) is 0 Å². The number of β-amino-alcohol motifs (C(OH)–C–C–N with tert-alkyl or cyclic N) is 1. The second kappa shape index (κ2) is 9.08. The van der Waals surface area contributed by atoms with Gasteiger partial charge < -0.3 is 19.2 Å². The third kappa shape index (κ3) is 4.57. The predicted molar refractivity (Wildman–Crippen MR) is 121 cm³/mol. The molecule has 4 rings (SSSR count). The van der Waals surface area contributed by atoms with Crippen molar-refractivity contribution >= 4 is 16.8 Å². The Labute approximate surface area is 181 Å². The van der Waals surface area contributed by atoms with Crippen LogP contribution in [-0.2, 0) is 0 Å². The SMILES string of the molecule is Cc1c(C)c2ccc(OCC(O)CN3CCN(c4ccccn4)CC3)c(C)c2oc1=O. The van der Waals surface area contributed by atoms with Gasteiger partial charge in [0.25, 0.3) is 0 Å². The lowest BCUT2D eigenvalue weighted by Gasteiger charge is -2.36. The number of benzene rings is 1. The molecular weight excluding hydrogens is 394 g/mol. The van der Waals surface area contributed by atoms with Crippen LogP contribution in [0.1, 0.15) is 16.7 Å². The molecule has 7 heteroatoms. The molecule has 1 aliphatic heterocycles. The maximum absolute atomic E-state index is 12.1. The highest BCUT2D eigenvalue weighted by Crippen LogP contribution is 2.29. The number of anilines is 1. The predicted octanol–water partition coefficient (Wildman–Crippen LogP) is 2.68. The summed E-state index contributed by atoms with van der Waals surface area (Å²) in [6.07, 6.45) is 1.20. The lowest BCUT2D eigenvalue weighted by atomic mass is 10.0. The van der Waals surface area contributed by atoms with E-state index in [1.165, 1.54) is 0 Å². The van der Waals surface area contributed by atoms with Gasteiger partial charge in [-0.3, -0.25) is 4.90 Å². The number of aromatic nitrogens is 1. The van der Waals surface area contributed by atoms with E-state index in [4.69, 9.17) is 9.15 Å². The first-order valence-electron chi connectivity index (χ1n) is 10.7. The van der Waals surface area contributed by atoms with Crippen molar-refractivity contribution in [2.75, 3.05) is 44.2 Å². The van der Waals surface area contributed by atoms with E-state index in [2.05, 4.69) is 14.8 Å². The average molecular weight is 424 g/mol. The van der Waals surface area contributed by atoms with Gasteiger partial charge >= 0.3 is 5.63 Å². The molecule has 1 aliphatic rings. The number of piperazine rings is 1. The van der Waals surface area contributed by atoms with Crippen LogP contribution in [0.5, 0.6) is 5.75 Å². The Morgan fingerprint density at radius 2 is 1.84 bits per heavy atom. The summed E-state index contributed by atoms with van der Waals surface area (Å²) in [5.74, 6) is 1.62. The van der Waals surface area contributed by atoms with Crippen molar-refractivity contribution in [1.82, 2.24) is 9.88 Å². The molecule has 0 amide bonds. The Balaban J connectivity index is 1.33. The molecule has 1 aromatic carbocycles. The van der Waals surface area contributed by atoms with Crippen LogP contribution in [0.25, 0.3) is 11.0 Å². The first-order chi connectivity index (χ1) is 14.9. The summed E-state index contributed by atoms with van der Waals surface area (Å²) in [5.41, 5.74) is 2.54. The maximum Gasteiger partial charge on any atom is 0.339 e. The van der Waals surface area contributed by atoms with Crippen molar-refractivity contribution in [3.63, 3.8) is 0 Å². The standard InChI is InChI=1S/C24H29N3O4/c1-16-17(2)24(29)31-23-18(3)21(8-7-20(16)23)30-15-19(28)14-26-10-12-27(13-11-26)22-6-4-5-9-25-22/h4-9,19,28H,10-15H2,1-3H3. The third-order valence-corrected chi connectivity index (χ3v) is 6.07. The lowest BCUT2D eigenvalue weighted by molar-refractivity contribution is 0.0660. The summed E-state index contributed by atoms with van der Waals surface area (Å²) in [7, 11) is 0. The van der Waals surface area contributed by atoms with Crippen LogP contribution in [0.15, 0.2) is 45.7 Å². The van der Waals surface area contributed by atoms with Crippen molar-refractivity contribution < 1.29 is 14.3 Å². The number of fused-ring (bicyclic) bond motifs is 1. The van der Waals surface area contributed by atoms with Gasteiger partial charge in [0.2, 0.25) is 0 Å². The van der Waals surface area contributed by atoms with Gasteiger partial charge in [0, 0.05) is 55.4 Å². The van der Waals surface area contributed by atoms with Crippen LogP contribution < -0.4 is 15.3 Å². The summed E-state index contributed by atoms with van der Waals surface area (Å²) in [6, 6.07) is 9.73. The zero-order chi connectivity index (χ0) is 22.0. The molecule has 1 unspecified atom stereocenters. The Hall–Kier alpha value is -2.90. The van der Waals surface area contributed by atoms with Gasteiger partial charge in [-0.1, -0.05) is 6.07 Å². The van der Waals surface area contributed by atoms with E-state index in [0.29, 0.717) is 23.4 Å². The molecule has 0 saturated carbocycles. The van der Waals surface area contributed by atoms with E-state index in [1.54, 1.807) is 6.92 Å². The molecule has 164 valence electrons. The number of hydrogen-bond acceptors (Lipinski definition) is 7. The molecule has 0 bridgehead atoms. The molecule has 31 heavy (non-hydrogen) atoms. The number of nitrogens with zero attached hydrogens (tertiary/aromatic N) is 3. The molecule has 7 nitrogen and oxygen atoms in total. The van der Waals surface area contributed by atoms with Crippen LogP contribution in [-0.4, -0.2) is 60.4 Å². The van der Waals surface area contributed by atoms with Crippen LogP contribution in [0.3, 0.4) is 0 Å². The second-order valence-corrected chi connectivity index (χ2v) is 8.15. The van der Waals surface area contributed by atoms with E-state index in [-0.39, 0.29) is 12.2 Å². The van der Waals surface area contributed by atoms with Crippen molar-refractivity contribution in [1.29, 1.82) is 0 Å². The third-order valence-electron chi connectivity index (χ3n) is 6.07. The zero-order valence-electron chi connectivity index (χ0n) is 18.3. The number of pyridine rings is 1. The summed E-state index contributed by atoms with van der Waals surface area (Å²) in [4.78, 5) is 21.0. The summed E-state index contributed by atoms with van der Waals surface area (Å²) >= 11 is 0. The molecule has 0 aliphatic carbocycles. The minimum atomic E-state index is -0.608. The summed E-state index contributed by atoms with van der Waals surface area (Å²) in [5, 5.41) is 11.4. The van der Waals surface area contributed by atoms with E-state index >= 15 is 0 Å². The Morgan fingerprint density at radius 3 is 2.55 bits per heavy atom. The normalized spacial score (nSPS) is 15.9. The number of aliphatic hydroxyl groups is 1. The van der Waals surface area contributed by atoms with Crippen molar-refractivity contribution in [3.05, 3.63) is 63.6 Å². The van der Waals surface area contributed by atoms with Gasteiger partial charge in [-0.25, -0.2) is 9.78 Å². The van der Waals surface area contributed by atoms with Crippen LogP contribution in [0, 0.1) is 20.8 Å². The fourth-order valence-electron chi connectivity index (χ4n) is 4.02. The van der Waals surface area contributed by atoms with Crippen molar-refractivity contribution in [2.24, 2.45) is 0 Å². The Kier molecular flexibility index (Phi) is 6.25. The first kappa shape index (κ1) is 21.3. The monoisotopic (exact) mass is 423 g/mol. The minimum Gasteiger partial charge on any atom is -0.490 e. The second-order valence-electron chi connectivity index (χ2n) is 8.15. The molecular formula is C24H29N3O4. The topological polar surface area (TPSA) is 79.0 Å². The molecule has 0 radical (unpaired) electrons. The average Bonchev–Trinajstić information content (AvgIpc) is 2.79. The highest BCUT2D eigenvalue weighted by molar-refractivity contribution is 5.85. The summed E-state index contributed by atoms with van der Waals surface area (Å²) in [6.45, 7) is 9.80. The Bertz CT molecular complexity index is 1110. The fraction of sp³-hybridized carbons (Fsp3) is 0.417. The molecule has 1 saturated heterocycles. The van der Waals surface area contributed by atoms with Gasteiger partial charge in [-0.15, -0.1) is 0 Å². The molecule has 1 atom stereocenters. The van der Waals surface area contributed by atoms with E-state index in [9.17, 15) is 9.90 Å². The highest BCUT2D eigenvalue weighted by Gasteiger charge is 2.21. The van der Waals surface area contributed by atoms with Gasteiger partial charge in [0.05, 0.1) is 0 Å². The molecule has 3 heterocycles. The van der Waals surface area contributed by atoms with Crippen LogP contribution in [0.4, 0.5) is 5.82 Å². The van der Waals surface area contributed by atoms with Crippen LogP contribution >= 0.6 is 0 Å². The largest absolute Gasteiger partial charge is 0.490 e. The first-order valence-corrected chi connectivity index (χ1v) is 10.7. The van der Waals surface area contributed by atoms with Crippen LogP contribution in [0.2, 0.25) is 0 Å². The fourth-order valence-corrected chi connectivity index (χ4v) is 4.02. The number of rotatable bonds is 6. The maximum atomic E-state index is 12.1. The van der Waals surface area contributed by atoms with E-state index in [1.807, 2.05) is 50.4 Å². The lowest BCUT2D eigenvalue weighted by Crippen LogP contribution is -2.49. The molecule has 1 fully saturated rings. The summed E-state index contributed by atoms with van der Waals surface area (Å²) < 4.78 is 11.4. The highest BCUT2D eigenvalue weighted by atomic mass is 16.5. The molecule has 2 aromatic heterocycles. The smallest absolute Gasteiger partial charge is 0.339 e. The molecule has 1 N–H and O–H groups in total. The Morgan fingerprint density at radius 1 is 1.06 bits per heavy atom. The van der Waals surface area contributed by atoms with Crippen molar-refractivity contribution in [2.45, 2.75) is 26.9 Å². The van der Waals surface area contributed by atoms with E-state index in [0.717, 1.165) is 48.5 Å².